The fourth-order valence-corrected chi connectivity index (χ4v) is 2.94. The molecule has 1 aromatic carbocycles. The number of alkyl halides is 3. The van der Waals surface area contributed by atoms with Gasteiger partial charge in [-0.2, -0.15) is 13.2 Å². The predicted octanol–water partition coefficient (Wildman–Crippen LogP) is 4.30. The first-order valence-electron chi connectivity index (χ1n) is 6.48. The summed E-state index contributed by atoms with van der Waals surface area (Å²) >= 11 is 0. The molecular formula is C14H17F4N. The van der Waals surface area contributed by atoms with Crippen LogP contribution in [-0.2, 0) is 6.18 Å². The first-order valence-corrected chi connectivity index (χ1v) is 6.48. The van der Waals surface area contributed by atoms with Gasteiger partial charge in [0, 0.05) is 11.6 Å². The maximum atomic E-state index is 14.1. The number of hydrogen-bond acceptors (Lipinski definition) is 1. The van der Waals surface area contributed by atoms with Crippen LogP contribution in [0.3, 0.4) is 0 Å². The molecule has 0 radical (unpaired) electrons. The van der Waals surface area contributed by atoms with E-state index in [2.05, 4.69) is 5.32 Å². The highest BCUT2D eigenvalue weighted by atomic mass is 19.4. The van der Waals surface area contributed by atoms with Crippen LogP contribution in [0.25, 0.3) is 0 Å². The molecule has 19 heavy (non-hydrogen) atoms. The molecule has 2 rings (SSSR count). The molecule has 0 aliphatic heterocycles. The minimum Gasteiger partial charge on any atom is -0.313 e. The Morgan fingerprint density at radius 1 is 1.21 bits per heavy atom. The third-order valence-electron chi connectivity index (χ3n) is 3.85. The highest BCUT2D eigenvalue weighted by Crippen LogP contribution is 2.39. The van der Waals surface area contributed by atoms with Crippen LogP contribution in [-0.4, -0.2) is 7.05 Å². The van der Waals surface area contributed by atoms with Crippen molar-refractivity contribution in [2.75, 3.05) is 7.05 Å². The van der Waals surface area contributed by atoms with Crippen molar-refractivity contribution in [3.63, 3.8) is 0 Å². The number of rotatable bonds is 3. The van der Waals surface area contributed by atoms with Crippen molar-refractivity contribution in [3.8, 4) is 0 Å². The Kier molecular flexibility index (Phi) is 4.13. The molecule has 0 heterocycles. The molecular weight excluding hydrogens is 258 g/mol. The van der Waals surface area contributed by atoms with Gasteiger partial charge in [0.15, 0.2) is 0 Å². The van der Waals surface area contributed by atoms with Crippen LogP contribution in [0.2, 0.25) is 0 Å². The summed E-state index contributed by atoms with van der Waals surface area (Å²) in [5.74, 6) is -0.927. The summed E-state index contributed by atoms with van der Waals surface area (Å²) in [4.78, 5) is 0. The minimum atomic E-state index is -4.64. The molecule has 0 spiro atoms. The lowest BCUT2D eigenvalue weighted by Gasteiger charge is -2.25. The highest BCUT2D eigenvalue weighted by Gasteiger charge is 2.36. The van der Waals surface area contributed by atoms with E-state index in [1.54, 1.807) is 7.05 Å². The molecule has 1 fully saturated rings. The van der Waals surface area contributed by atoms with Crippen molar-refractivity contribution in [2.45, 2.75) is 37.9 Å². The summed E-state index contributed by atoms with van der Waals surface area (Å²) in [5.41, 5.74) is -1.05. The molecule has 1 aliphatic carbocycles. The maximum absolute atomic E-state index is 14.1. The normalized spacial score (nSPS) is 18.8. The lowest BCUT2D eigenvalue weighted by atomic mass is 9.90. The van der Waals surface area contributed by atoms with Gasteiger partial charge in [0.25, 0.3) is 0 Å². The molecule has 1 N–H and O–H groups in total. The Balaban J connectivity index is 2.38. The molecule has 1 saturated carbocycles. The number of halogens is 4. The predicted molar refractivity (Wildman–Crippen MR) is 65.2 cm³/mol. The van der Waals surface area contributed by atoms with Gasteiger partial charge in [0.05, 0.1) is 5.56 Å². The first kappa shape index (κ1) is 14.3. The van der Waals surface area contributed by atoms with Gasteiger partial charge >= 0.3 is 6.18 Å². The highest BCUT2D eigenvalue weighted by molar-refractivity contribution is 5.31. The minimum absolute atomic E-state index is 0.129. The number of nitrogens with one attached hydrogen (secondary N) is 1. The monoisotopic (exact) mass is 275 g/mol. The summed E-state index contributed by atoms with van der Waals surface area (Å²) in [7, 11) is 1.67. The van der Waals surface area contributed by atoms with E-state index in [1.165, 1.54) is 12.1 Å². The van der Waals surface area contributed by atoms with Crippen molar-refractivity contribution < 1.29 is 17.6 Å². The van der Waals surface area contributed by atoms with Crippen LogP contribution >= 0.6 is 0 Å². The van der Waals surface area contributed by atoms with E-state index in [9.17, 15) is 17.6 Å². The summed E-state index contributed by atoms with van der Waals surface area (Å²) in [5, 5.41) is 2.97. The Morgan fingerprint density at radius 2 is 1.84 bits per heavy atom. The topological polar surface area (TPSA) is 12.0 Å². The molecule has 0 bridgehead atoms. The SMILES string of the molecule is CNC(c1cccc(C(F)(F)F)c1F)C1CCCC1. The molecule has 1 atom stereocenters. The van der Waals surface area contributed by atoms with E-state index in [0.717, 1.165) is 31.7 Å². The van der Waals surface area contributed by atoms with Gasteiger partial charge in [-0.3, -0.25) is 0 Å². The number of hydrogen-bond donors (Lipinski definition) is 1. The first-order chi connectivity index (χ1) is 8.95. The Bertz CT molecular complexity index is 436. The lowest BCUT2D eigenvalue weighted by Crippen LogP contribution is -2.25. The molecule has 1 unspecified atom stereocenters. The standard InChI is InChI=1S/C14H17F4N/c1-19-13(9-5-2-3-6-9)10-7-4-8-11(12(10)15)14(16,17)18/h4,7-9,13,19H,2-3,5-6H2,1H3. The molecule has 0 amide bonds. The van der Waals surface area contributed by atoms with Crippen LogP contribution in [0.4, 0.5) is 17.6 Å². The summed E-state index contributed by atoms with van der Waals surface area (Å²) in [6, 6.07) is 3.18. The zero-order valence-corrected chi connectivity index (χ0v) is 10.7. The van der Waals surface area contributed by atoms with Gasteiger partial charge in [0.2, 0.25) is 0 Å². The molecule has 1 aromatic rings. The second kappa shape index (κ2) is 5.49. The van der Waals surface area contributed by atoms with E-state index in [1.807, 2.05) is 0 Å². The zero-order chi connectivity index (χ0) is 14.0. The van der Waals surface area contributed by atoms with Gasteiger partial charge < -0.3 is 5.32 Å². The summed E-state index contributed by atoms with van der Waals surface area (Å²) in [6.45, 7) is 0. The molecule has 1 nitrogen and oxygen atoms in total. The van der Waals surface area contributed by atoms with Crippen LogP contribution in [0, 0.1) is 11.7 Å². The van der Waals surface area contributed by atoms with Crippen LogP contribution < -0.4 is 5.32 Å². The fraction of sp³-hybridized carbons (Fsp3) is 0.571. The van der Waals surface area contributed by atoms with Crippen molar-refractivity contribution in [3.05, 3.63) is 35.1 Å². The van der Waals surface area contributed by atoms with Crippen molar-refractivity contribution >= 4 is 0 Å². The molecule has 0 aromatic heterocycles. The quantitative estimate of drug-likeness (QED) is 0.811. The van der Waals surface area contributed by atoms with E-state index in [0.29, 0.717) is 0 Å². The number of benzene rings is 1. The second-order valence-electron chi connectivity index (χ2n) is 5.02. The van der Waals surface area contributed by atoms with E-state index < -0.39 is 17.6 Å². The Morgan fingerprint density at radius 3 is 2.37 bits per heavy atom. The van der Waals surface area contributed by atoms with Crippen LogP contribution in [0.15, 0.2) is 18.2 Å². The van der Waals surface area contributed by atoms with Crippen LogP contribution in [0.5, 0.6) is 0 Å². The van der Waals surface area contributed by atoms with Crippen LogP contribution in [0.1, 0.15) is 42.9 Å². The van der Waals surface area contributed by atoms with E-state index >= 15 is 0 Å². The molecule has 106 valence electrons. The van der Waals surface area contributed by atoms with Crippen molar-refractivity contribution in [2.24, 2.45) is 5.92 Å². The van der Waals surface area contributed by atoms with Gasteiger partial charge in [-0.15, -0.1) is 0 Å². The third kappa shape index (κ3) is 2.91. The Hall–Kier alpha value is -1.10. The fourth-order valence-electron chi connectivity index (χ4n) is 2.94. The van der Waals surface area contributed by atoms with Gasteiger partial charge in [-0.25, -0.2) is 4.39 Å². The molecule has 1 aliphatic rings. The molecule has 0 saturated heterocycles. The second-order valence-corrected chi connectivity index (χ2v) is 5.02. The average Bonchev–Trinajstić information content (AvgIpc) is 2.84. The van der Waals surface area contributed by atoms with Gasteiger partial charge in [-0.05, 0) is 31.9 Å². The zero-order valence-electron chi connectivity index (χ0n) is 10.7. The van der Waals surface area contributed by atoms with E-state index in [-0.39, 0.29) is 17.5 Å². The third-order valence-corrected chi connectivity index (χ3v) is 3.85. The largest absolute Gasteiger partial charge is 0.419 e. The molecule has 5 heteroatoms. The van der Waals surface area contributed by atoms with Gasteiger partial charge in [-0.1, -0.05) is 25.0 Å². The summed E-state index contributed by atoms with van der Waals surface area (Å²) < 4.78 is 52.2. The van der Waals surface area contributed by atoms with E-state index in [4.69, 9.17) is 0 Å². The lowest BCUT2D eigenvalue weighted by molar-refractivity contribution is -0.140. The van der Waals surface area contributed by atoms with Crippen molar-refractivity contribution in [1.29, 1.82) is 0 Å². The average molecular weight is 275 g/mol. The van der Waals surface area contributed by atoms with Gasteiger partial charge in [0.1, 0.15) is 5.82 Å². The van der Waals surface area contributed by atoms with Crippen molar-refractivity contribution in [1.82, 2.24) is 5.32 Å². The smallest absolute Gasteiger partial charge is 0.313 e. The Labute approximate surface area is 110 Å². The summed E-state index contributed by atoms with van der Waals surface area (Å²) in [6.07, 6.45) is -0.663. The maximum Gasteiger partial charge on any atom is 0.419 e.